The molecule has 1 saturated heterocycles. The van der Waals surface area contributed by atoms with E-state index in [2.05, 4.69) is 16.0 Å². The summed E-state index contributed by atoms with van der Waals surface area (Å²) in [6.45, 7) is 7.51. The number of hydrogen-bond donors (Lipinski definition) is 3. The first kappa shape index (κ1) is 26.4. The van der Waals surface area contributed by atoms with Crippen molar-refractivity contribution in [2.24, 2.45) is 5.92 Å². The highest BCUT2D eigenvalue weighted by Crippen LogP contribution is 2.19. The number of nitrogens with one attached hydrogen (secondary N) is 3. The van der Waals surface area contributed by atoms with E-state index in [1.54, 1.807) is 24.3 Å². The molecule has 33 heavy (non-hydrogen) atoms. The number of ether oxygens (including phenoxy) is 1. The van der Waals surface area contributed by atoms with Crippen molar-refractivity contribution in [1.82, 2.24) is 16.0 Å². The molecule has 5 amide bonds. The quantitative estimate of drug-likeness (QED) is 0.220. The van der Waals surface area contributed by atoms with Crippen molar-refractivity contribution in [1.29, 1.82) is 0 Å². The number of barbiturate groups is 1. The first-order valence-corrected chi connectivity index (χ1v) is 12.9. The maximum atomic E-state index is 12.1. The molecule has 0 aliphatic carbocycles. The van der Waals surface area contributed by atoms with Crippen LogP contribution in [0.4, 0.5) is 9.59 Å². The molecule has 11 nitrogen and oxygen atoms in total. The van der Waals surface area contributed by atoms with Crippen LogP contribution in [0.3, 0.4) is 0 Å². The molecule has 3 N–H and O–H groups in total. The van der Waals surface area contributed by atoms with Crippen LogP contribution in [0, 0.1) is 5.92 Å². The van der Waals surface area contributed by atoms with Crippen LogP contribution in [0.25, 0.3) is 0 Å². The summed E-state index contributed by atoms with van der Waals surface area (Å²) < 4.78 is 22.6. The van der Waals surface area contributed by atoms with Gasteiger partial charge in [0.1, 0.15) is 11.7 Å². The fraction of sp³-hybridized carbons (Fsp3) is 0.524. The van der Waals surface area contributed by atoms with Crippen LogP contribution in [-0.4, -0.2) is 59.1 Å². The van der Waals surface area contributed by atoms with Gasteiger partial charge >= 0.3 is 20.9 Å². The van der Waals surface area contributed by atoms with Gasteiger partial charge in [0, 0.05) is 32.4 Å². The summed E-state index contributed by atoms with van der Waals surface area (Å²) in [5.41, 5.74) is 0.677. The van der Waals surface area contributed by atoms with E-state index in [1.807, 2.05) is 20.8 Å². The Kier molecular flexibility index (Phi) is 10.4. The molecule has 1 aliphatic heterocycles. The Bertz CT molecular complexity index is 796. The van der Waals surface area contributed by atoms with E-state index in [-0.39, 0.29) is 6.42 Å². The Hall–Kier alpha value is -2.80. The fourth-order valence-electron chi connectivity index (χ4n) is 3.30. The number of rotatable bonds is 13. The largest absolute Gasteiger partial charge is 0.500 e. The van der Waals surface area contributed by atoms with E-state index in [1.165, 1.54) is 0 Å². The Morgan fingerprint density at radius 3 is 2.00 bits per heavy atom. The first-order chi connectivity index (χ1) is 15.8. The van der Waals surface area contributed by atoms with Crippen molar-refractivity contribution < 1.29 is 37.2 Å². The fourth-order valence-corrected chi connectivity index (χ4v) is 5.92. The number of carbonyl (C=O) groups excluding carboxylic acids is 4. The van der Waals surface area contributed by atoms with Crippen LogP contribution in [0.5, 0.6) is 5.75 Å². The van der Waals surface area contributed by atoms with E-state index in [0.717, 1.165) is 0 Å². The topological polar surface area (TPSA) is 141 Å². The summed E-state index contributed by atoms with van der Waals surface area (Å²) in [6, 6.07) is 6.17. The molecule has 0 spiro atoms. The third-order valence-corrected chi connectivity index (χ3v) is 7.85. The second-order valence-electron chi connectivity index (χ2n) is 7.11. The highest BCUT2D eigenvalue weighted by atomic mass is 28.4. The van der Waals surface area contributed by atoms with Gasteiger partial charge in [0.25, 0.3) is 0 Å². The van der Waals surface area contributed by atoms with Gasteiger partial charge in [-0.1, -0.05) is 12.1 Å². The Morgan fingerprint density at radius 1 is 0.939 bits per heavy atom. The summed E-state index contributed by atoms with van der Waals surface area (Å²) in [6.07, 6.45) is 0.111. The van der Waals surface area contributed by atoms with Gasteiger partial charge in [0.05, 0.1) is 0 Å². The molecule has 1 heterocycles. The lowest BCUT2D eigenvalue weighted by atomic mass is 9.96. The molecular formula is C21H31N3O8Si. The predicted octanol–water partition coefficient (Wildman–Crippen LogP) is 1.74. The minimum absolute atomic E-state index is 0.114. The van der Waals surface area contributed by atoms with Crippen LogP contribution in [0.2, 0.25) is 6.04 Å². The van der Waals surface area contributed by atoms with Gasteiger partial charge in [-0.05, 0) is 51.3 Å². The number of benzene rings is 1. The third kappa shape index (κ3) is 8.24. The molecule has 2 rings (SSSR count). The SMILES string of the molecule is CCO[Si](CCCNC(=O)Oc1ccc(CC2C(=O)NC(=O)NC2=O)cc1)(OCC)OCC. The van der Waals surface area contributed by atoms with Gasteiger partial charge in [-0.2, -0.15) is 0 Å². The van der Waals surface area contributed by atoms with Crippen molar-refractivity contribution in [3.05, 3.63) is 29.8 Å². The van der Waals surface area contributed by atoms with Gasteiger partial charge in [0.15, 0.2) is 0 Å². The molecule has 0 atom stereocenters. The number of imide groups is 2. The first-order valence-electron chi connectivity index (χ1n) is 10.9. The predicted molar refractivity (Wildman–Crippen MR) is 119 cm³/mol. The number of amides is 5. The van der Waals surface area contributed by atoms with Gasteiger partial charge in [-0.15, -0.1) is 0 Å². The van der Waals surface area contributed by atoms with E-state index in [0.29, 0.717) is 50.1 Å². The molecule has 1 aliphatic rings. The zero-order valence-corrected chi connectivity index (χ0v) is 20.1. The molecule has 12 heteroatoms. The number of urea groups is 1. The molecular weight excluding hydrogens is 450 g/mol. The van der Waals surface area contributed by atoms with Crippen LogP contribution >= 0.6 is 0 Å². The third-order valence-electron chi connectivity index (χ3n) is 4.70. The van der Waals surface area contributed by atoms with Gasteiger partial charge < -0.3 is 23.3 Å². The molecule has 0 bridgehead atoms. The maximum absolute atomic E-state index is 12.1. The second-order valence-corrected chi connectivity index (χ2v) is 9.84. The minimum Gasteiger partial charge on any atom is -0.410 e. The van der Waals surface area contributed by atoms with Crippen molar-refractivity contribution in [3.8, 4) is 5.75 Å². The number of hydrogen-bond acceptors (Lipinski definition) is 8. The summed E-state index contributed by atoms with van der Waals surface area (Å²) in [7, 11) is -2.75. The molecule has 182 valence electrons. The van der Waals surface area contributed by atoms with Crippen LogP contribution in [0.1, 0.15) is 32.8 Å². The summed E-state index contributed by atoms with van der Waals surface area (Å²) in [5.74, 6) is -1.98. The van der Waals surface area contributed by atoms with E-state index < -0.39 is 38.7 Å². The maximum Gasteiger partial charge on any atom is 0.500 e. The normalized spacial score (nSPS) is 14.6. The van der Waals surface area contributed by atoms with Crippen molar-refractivity contribution in [3.63, 3.8) is 0 Å². The smallest absolute Gasteiger partial charge is 0.410 e. The Morgan fingerprint density at radius 2 is 1.48 bits per heavy atom. The van der Waals surface area contributed by atoms with E-state index >= 15 is 0 Å². The molecule has 0 radical (unpaired) electrons. The molecule has 0 unspecified atom stereocenters. The van der Waals surface area contributed by atoms with Crippen molar-refractivity contribution in [2.75, 3.05) is 26.4 Å². The van der Waals surface area contributed by atoms with Gasteiger partial charge in [0.2, 0.25) is 11.8 Å². The lowest BCUT2D eigenvalue weighted by molar-refractivity contribution is -0.135. The van der Waals surface area contributed by atoms with Crippen molar-refractivity contribution >= 4 is 32.7 Å². The Balaban J connectivity index is 1.79. The summed E-state index contributed by atoms with van der Waals surface area (Å²) in [4.78, 5) is 46.9. The van der Waals surface area contributed by atoms with E-state index in [9.17, 15) is 19.2 Å². The lowest BCUT2D eigenvalue weighted by Gasteiger charge is -2.28. The summed E-state index contributed by atoms with van der Waals surface area (Å²) >= 11 is 0. The summed E-state index contributed by atoms with van der Waals surface area (Å²) in [5, 5.41) is 6.81. The Labute approximate surface area is 193 Å². The van der Waals surface area contributed by atoms with Gasteiger partial charge in [-0.3, -0.25) is 20.2 Å². The average Bonchev–Trinajstić information content (AvgIpc) is 2.75. The standard InChI is InChI=1S/C21H31N3O8Si/c1-4-29-33(30-5-2,31-6-3)13-7-12-22-21(28)32-16-10-8-15(9-11-16)14-17-18(25)23-20(27)24-19(17)26/h8-11,17H,4-7,12-14H2,1-3H3,(H,22,28)(H2,23,24,25,26,27). The zero-order valence-electron chi connectivity index (χ0n) is 19.1. The van der Waals surface area contributed by atoms with Crippen LogP contribution in [-0.2, 0) is 29.3 Å². The molecule has 1 aromatic carbocycles. The zero-order chi connectivity index (χ0) is 24.3. The van der Waals surface area contributed by atoms with Crippen LogP contribution in [0.15, 0.2) is 24.3 Å². The van der Waals surface area contributed by atoms with E-state index in [4.69, 9.17) is 18.0 Å². The molecule has 0 saturated carbocycles. The highest BCUT2D eigenvalue weighted by molar-refractivity contribution is 6.60. The minimum atomic E-state index is -2.75. The van der Waals surface area contributed by atoms with Crippen molar-refractivity contribution in [2.45, 2.75) is 39.7 Å². The highest BCUT2D eigenvalue weighted by Gasteiger charge is 2.39. The number of carbonyl (C=O) groups is 4. The van der Waals surface area contributed by atoms with Crippen LogP contribution < -0.4 is 20.7 Å². The monoisotopic (exact) mass is 481 g/mol. The van der Waals surface area contributed by atoms with Gasteiger partial charge in [-0.25, -0.2) is 9.59 Å². The molecule has 1 fully saturated rings. The average molecular weight is 482 g/mol. The second kappa shape index (κ2) is 13.0. The lowest BCUT2D eigenvalue weighted by Crippen LogP contribution is -2.56. The molecule has 1 aromatic rings. The molecule has 0 aromatic heterocycles.